The number of fused-ring (bicyclic) bond motifs is 1. The predicted molar refractivity (Wildman–Crippen MR) is 212 cm³/mol. The number of nitrogens with one attached hydrogen (secondary N) is 7. The number of thiol groups is 1. The first-order valence-corrected chi connectivity index (χ1v) is 18.5. The van der Waals surface area contributed by atoms with Gasteiger partial charge in [0.25, 0.3) is 11.5 Å². The van der Waals surface area contributed by atoms with Gasteiger partial charge in [-0.25, -0.2) is 24.4 Å². The molecule has 0 saturated heterocycles. The molecular formula is C34H42N12O14S. The van der Waals surface area contributed by atoms with Gasteiger partial charge in [-0.2, -0.15) is 17.6 Å². The van der Waals surface area contributed by atoms with E-state index in [2.05, 4.69) is 59.1 Å². The van der Waals surface area contributed by atoms with E-state index in [0.29, 0.717) is 11.4 Å². The third-order valence-corrected chi connectivity index (χ3v) is 8.69. The standard InChI is InChI=1S/C34H42N12O14S/c35-17(28(52)43-20(9-24(49)50)29(53)44-21(13-61)33(59)60)12-38-22(47)7-5-18(31(55)56)41-23(48)8-6-19(32(57)58)42-27(51)14-1-3-15(4-2-14)37-10-16-11-39-26-25(40-16)30(54)46-34(36)45-26/h1-4,11,17-21,37,61H,5-10,12-13,35H2,(H,38,47)(H,41,48)(H,42,51)(H,43,52)(H,44,53)(H,49,50)(H,55,56)(H,57,58)(H,59,60)(H3,36,39,45,46,54)/t17-,18+,19-,20-,21-/m0/s1. The number of hydrogen-bond donors (Lipinski definition) is 14. The van der Waals surface area contributed by atoms with E-state index < -0.39 is 128 Å². The van der Waals surface area contributed by atoms with Gasteiger partial charge in [-0.05, 0) is 37.1 Å². The number of carboxylic acids is 4. The van der Waals surface area contributed by atoms with Crippen molar-refractivity contribution in [2.45, 2.75) is 68.9 Å². The fourth-order valence-corrected chi connectivity index (χ4v) is 5.33. The molecule has 3 aromatic rings. The second-order valence-electron chi connectivity index (χ2n) is 13.0. The first-order valence-electron chi connectivity index (χ1n) is 17.9. The molecule has 2 heterocycles. The van der Waals surface area contributed by atoms with E-state index in [1.54, 1.807) is 0 Å². The number of aromatic nitrogens is 4. The number of nitrogens with two attached hydrogens (primary N) is 2. The molecule has 26 nitrogen and oxygen atoms in total. The highest BCUT2D eigenvalue weighted by molar-refractivity contribution is 7.80. The lowest BCUT2D eigenvalue weighted by Gasteiger charge is -2.21. The first-order chi connectivity index (χ1) is 28.8. The average Bonchev–Trinajstić information content (AvgIpc) is 3.20. The predicted octanol–water partition coefficient (Wildman–Crippen LogP) is -3.88. The summed E-state index contributed by atoms with van der Waals surface area (Å²) in [6.07, 6.45) is -1.50. The van der Waals surface area contributed by atoms with Crippen LogP contribution in [0, 0.1) is 0 Å². The highest BCUT2D eigenvalue weighted by Crippen LogP contribution is 2.13. The van der Waals surface area contributed by atoms with Crippen LogP contribution in [-0.4, -0.2) is 136 Å². The Labute approximate surface area is 348 Å². The largest absolute Gasteiger partial charge is 0.481 e. The topological polar surface area (TPSA) is 430 Å². The molecule has 0 bridgehead atoms. The molecule has 0 radical (unpaired) electrons. The summed E-state index contributed by atoms with van der Waals surface area (Å²) in [4.78, 5) is 135. The minimum Gasteiger partial charge on any atom is -0.481 e. The van der Waals surface area contributed by atoms with Crippen LogP contribution >= 0.6 is 12.6 Å². The number of amides is 5. The van der Waals surface area contributed by atoms with Crippen LogP contribution in [0.25, 0.3) is 11.2 Å². The molecule has 0 aliphatic carbocycles. The fraction of sp³-hybridized carbons (Fsp3) is 0.382. The molecule has 2 aromatic heterocycles. The van der Waals surface area contributed by atoms with Crippen molar-refractivity contribution >= 4 is 88.8 Å². The Hall–Kier alpha value is -7.42. The lowest BCUT2D eigenvalue weighted by molar-refractivity contribution is -0.143. The van der Waals surface area contributed by atoms with Crippen LogP contribution in [0.1, 0.15) is 48.2 Å². The van der Waals surface area contributed by atoms with Crippen molar-refractivity contribution in [1.29, 1.82) is 0 Å². The number of nitrogens with zero attached hydrogens (tertiary/aromatic N) is 3. The Morgan fingerprint density at radius 2 is 1.34 bits per heavy atom. The lowest BCUT2D eigenvalue weighted by Crippen LogP contribution is -2.57. The Kier molecular flexibility index (Phi) is 17.8. The molecule has 3 rings (SSSR count). The van der Waals surface area contributed by atoms with Gasteiger partial charge in [-0.3, -0.25) is 38.5 Å². The van der Waals surface area contributed by atoms with E-state index >= 15 is 0 Å². The molecule has 0 unspecified atom stereocenters. The SMILES string of the molecule is Nc1nc2ncc(CNc3ccc(C(=O)N[C@@H](CCC(=O)N[C@H](CCC(=O)NC[C@H](N)C(=O)N[C@@H](CC(=O)O)C(=O)N[C@@H](CS)C(=O)O)C(=O)O)C(=O)O)cc3)nc2c(=O)[nH]1. The van der Waals surface area contributed by atoms with Crippen LogP contribution < -0.4 is 48.9 Å². The van der Waals surface area contributed by atoms with Gasteiger partial charge in [-0.15, -0.1) is 0 Å². The minimum atomic E-state index is -1.74. The number of hydrogen-bond acceptors (Lipinski definition) is 17. The van der Waals surface area contributed by atoms with E-state index in [9.17, 15) is 58.2 Å². The molecule has 328 valence electrons. The highest BCUT2D eigenvalue weighted by Gasteiger charge is 2.30. The first kappa shape index (κ1) is 48.0. The number of carbonyl (C=O) groups excluding carboxylic acids is 5. The van der Waals surface area contributed by atoms with Crippen LogP contribution in [-0.2, 0) is 44.9 Å². The Balaban J connectivity index is 1.45. The van der Waals surface area contributed by atoms with Gasteiger partial charge >= 0.3 is 23.9 Å². The summed E-state index contributed by atoms with van der Waals surface area (Å²) in [6, 6.07) is -2.11. The van der Waals surface area contributed by atoms with Gasteiger partial charge in [0.05, 0.1) is 24.9 Å². The van der Waals surface area contributed by atoms with E-state index in [1.165, 1.54) is 30.5 Å². The third kappa shape index (κ3) is 15.4. The smallest absolute Gasteiger partial charge is 0.327 e. The van der Waals surface area contributed by atoms with E-state index in [-0.39, 0.29) is 35.0 Å². The third-order valence-electron chi connectivity index (χ3n) is 8.33. The Bertz CT molecular complexity index is 2210. The van der Waals surface area contributed by atoms with Crippen molar-refractivity contribution < 1.29 is 63.6 Å². The molecule has 0 spiro atoms. The van der Waals surface area contributed by atoms with Crippen molar-refractivity contribution in [3.8, 4) is 0 Å². The Morgan fingerprint density at radius 1 is 0.754 bits per heavy atom. The van der Waals surface area contributed by atoms with Gasteiger partial charge in [0, 0.05) is 36.4 Å². The van der Waals surface area contributed by atoms with Gasteiger partial charge in [0.2, 0.25) is 29.6 Å². The molecular weight excluding hydrogens is 833 g/mol. The number of rotatable bonds is 24. The number of anilines is 2. The van der Waals surface area contributed by atoms with Gasteiger partial charge < -0.3 is 63.8 Å². The maximum absolute atomic E-state index is 12.8. The molecule has 61 heavy (non-hydrogen) atoms. The average molecular weight is 875 g/mol. The number of H-pyrrole nitrogens is 1. The summed E-state index contributed by atoms with van der Waals surface area (Å²) in [5.41, 5.74) is 11.7. The summed E-state index contributed by atoms with van der Waals surface area (Å²) < 4.78 is 0. The molecule has 27 heteroatoms. The molecule has 1 aromatic carbocycles. The van der Waals surface area contributed by atoms with E-state index in [1.807, 2.05) is 5.32 Å². The summed E-state index contributed by atoms with van der Waals surface area (Å²) in [6.45, 7) is -0.428. The fourth-order valence-electron chi connectivity index (χ4n) is 5.09. The molecule has 15 N–H and O–H groups in total. The van der Waals surface area contributed by atoms with Crippen LogP contribution in [0.5, 0.6) is 0 Å². The number of carbonyl (C=O) groups is 9. The number of aromatic amines is 1. The molecule has 5 atom stereocenters. The summed E-state index contributed by atoms with van der Waals surface area (Å²) in [7, 11) is 0. The van der Waals surface area contributed by atoms with Crippen molar-refractivity contribution in [1.82, 2.24) is 46.5 Å². The maximum Gasteiger partial charge on any atom is 0.327 e. The van der Waals surface area contributed by atoms with Crippen molar-refractivity contribution in [2.24, 2.45) is 5.73 Å². The highest BCUT2D eigenvalue weighted by atomic mass is 32.1. The quantitative estimate of drug-likeness (QED) is 0.0383. The number of nitrogen functional groups attached to an aromatic ring is 1. The summed E-state index contributed by atoms with van der Waals surface area (Å²) in [5, 5.41) is 51.3. The van der Waals surface area contributed by atoms with Crippen LogP contribution in [0.4, 0.5) is 11.6 Å². The van der Waals surface area contributed by atoms with Gasteiger partial charge in [-0.1, -0.05) is 0 Å². The van der Waals surface area contributed by atoms with E-state index in [0.717, 1.165) is 0 Å². The molecule has 0 aliphatic heterocycles. The monoisotopic (exact) mass is 874 g/mol. The Morgan fingerprint density at radius 3 is 1.93 bits per heavy atom. The van der Waals surface area contributed by atoms with E-state index in [4.69, 9.17) is 21.7 Å². The normalized spacial score (nSPS) is 13.3. The number of carboxylic acid groups (broad SMARTS) is 4. The zero-order chi connectivity index (χ0) is 45.4. The van der Waals surface area contributed by atoms with Crippen LogP contribution in [0.2, 0.25) is 0 Å². The molecule has 0 aliphatic rings. The summed E-state index contributed by atoms with van der Waals surface area (Å²) >= 11 is 3.78. The zero-order valence-corrected chi connectivity index (χ0v) is 32.6. The number of aliphatic carboxylic acids is 4. The van der Waals surface area contributed by atoms with Crippen molar-refractivity contribution in [2.75, 3.05) is 23.3 Å². The minimum absolute atomic E-state index is 0.0108. The molecule has 0 saturated carbocycles. The second kappa shape index (κ2) is 22.7. The van der Waals surface area contributed by atoms with Crippen LogP contribution in [0.15, 0.2) is 35.3 Å². The van der Waals surface area contributed by atoms with Crippen molar-refractivity contribution in [3.63, 3.8) is 0 Å². The zero-order valence-electron chi connectivity index (χ0n) is 31.7. The second-order valence-corrected chi connectivity index (χ2v) is 13.3. The maximum atomic E-state index is 12.8. The van der Waals surface area contributed by atoms with Crippen LogP contribution in [0.3, 0.4) is 0 Å². The van der Waals surface area contributed by atoms with Gasteiger partial charge in [0.15, 0.2) is 11.2 Å². The molecule has 5 amide bonds. The number of benzene rings is 1. The molecule has 0 fully saturated rings. The lowest BCUT2D eigenvalue weighted by atomic mass is 10.1. The van der Waals surface area contributed by atoms with Crippen molar-refractivity contribution in [3.05, 3.63) is 52.1 Å². The van der Waals surface area contributed by atoms with Gasteiger partial charge in [0.1, 0.15) is 30.2 Å². The summed E-state index contributed by atoms with van der Waals surface area (Å²) in [5.74, 6) is -11.2.